The number of furan rings is 1. The average Bonchev–Trinajstić information content (AvgIpc) is 2.65. The second kappa shape index (κ2) is 4.71. The molecule has 2 rings (SSSR count). The molecule has 0 unspecified atom stereocenters. The van der Waals surface area contributed by atoms with Crippen molar-refractivity contribution in [1.29, 1.82) is 0 Å². The van der Waals surface area contributed by atoms with E-state index in [1.54, 1.807) is 0 Å². The number of likely N-dealkylation sites (N-methyl/N-ethyl adjacent to an activating group) is 1. The third-order valence-corrected chi connectivity index (χ3v) is 3.09. The first-order chi connectivity index (χ1) is 7.72. The Morgan fingerprint density at radius 3 is 2.81 bits per heavy atom. The first kappa shape index (κ1) is 11.2. The Hall–Kier alpha value is -1.28. The molecule has 0 spiro atoms. The molecule has 0 aliphatic heterocycles. The maximum Gasteiger partial charge on any atom is 0.134 e. The summed E-state index contributed by atoms with van der Waals surface area (Å²) in [6.07, 6.45) is 2.20. The largest absolute Gasteiger partial charge is 0.461 e. The second-order valence-corrected chi connectivity index (χ2v) is 4.33. The van der Waals surface area contributed by atoms with Crippen molar-refractivity contribution in [2.24, 2.45) is 0 Å². The van der Waals surface area contributed by atoms with Crippen LogP contribution in [0.25, 0.3) is 11.0 Å². The van der Waals surface area contributed by atoms with Crippen LogP contribution in [-0.4, -0.2) is 13.1 Å². The molecule has 2 aromatic rings. The van der Waals surface area contributed by atoms with Crippen LogP contribution in [0.3, 0.4) is 0 Å². The highest BCUT2D eigenvalue weighted by molar-refractivity contribution is 5.78. The van der Waals surface area contributed by atoms with Crippen LogP contribution in [0.1, 0.15) is 24.7 Å². The van der Waals surface area contributed by atoms with Gasteiger partial charge in [-0.3, -0.25) is 0 Å². The van der Waals surface area contributed by atoms with Gasteiger partial charge in [0.2, 0.25) is 0 Å². The number of nitrogens with one attached hydrogen (secondary N) is 1. The van der Waals surface area contributed by atoms with E-state index in [4.69, 9.17) is 4.42 Å². The van der Waals surface area contributed by atoms with Gasteiger partial charge in [0, 0.05) is 11.4 Å². The van der Waals surface area contributed by atoms with Gasteiger partial charge in [-0.05, 0) is 44.5 Å². The fraction of sp³-hybridized carbons (Fsp3) is 0.429. The van der Waals surface area contributed by atoms with Gasteiger partial charge in [-0.25, -0.2) is 0 Å². The summed E-state index contributed by atoms with van der Waals surface area (Å²) in [6, 6.07) is 9.12. The van der Waals surface area contributed by atoms with Crippen LogP contribution in [0.2, 0.25) is 0 Å². The number of hydrogen-bond acceptors (Lipinski definition) is 2. The van der Waals surface area contributed by atoms with E-state index >= 15 is 0 Å². The third kappa shape index (κ3) is 2.27. The lowest BCUT2D eigenvalue weighted by Crippen LogP contribution is -2.26. The Morgan fingerprint density at radius 1 is 1.31 bits per heavy atom. The minimum Gasteiger partial charge on any atom is -0.461 e. The molecule has 0 amide bonds. The Kier molecular flexibility index (Phi) is 3.30. The van der Waals surface area contributed by atoms with Crippen LogP contribution in [0.15, 0.2) is 28.7 Å². The molecule has 0 saturated carbocycles. The lowest BCUT2D eigenvalue weighted by atomic mass is 10.0. The van der Waals surface area contributed by atoms with E-state index in [0.29, 0.717) is 6.04 Å². The zero-order valence-electron chi connectivity index (χ0n) is 10.2. The van der Waals surface area contributed by atoms with Gasteiger partial charge in [-0.15, -0.1) is 0 Å². The number of rotatable bonds is 4. The fourth-order valence-corrected chi connectivity index (χ4v) is 2.07. The summed E-state index contributed by atoms with van der Waals surface area (Å²) in [4.78, 5) is 0. The summed E-state index contributed by atoms with van der Waals surface area (Å²) in [5.74, 6) is 0.979. The summed E-state index contributed by atoms with van der Waals surface area (Å²) in [7, 11) is 2.02. The zero-order valence-corrected chi connectivity index (χ0v) is 10.2. The zero-order chi connectivity index (χ0) is 11.5. The molecule has 1 heterocycles. The summed E-state index contributed by atoms with van der Waals surface area (Å²) < 4.78 is 5.64. The highest BCUT2D eigenvalue weighted by Gasteiger charge is 2.06. The molecule has 16 heavy (non-hydrogen) atoms. The Morgan fingerprint density at radius 2 is 2.12 bits per heavy atom. The van der Waals surface area contributed by atoms with Crippen LogP contribution in [0.5, 0.6) is 0 Å². The SMILES string of the molecule is CC[C@H](Cc1ccc2cc(C)oc2c1)NC. The molecular weight excluding hydrogens is 198 g/mol. The molecule has 1 aromatic heterocycles. The van der Waals surface area contributed by atoms with Crippen molar-refractivity contribution in [1.82, 2.24) is 5.32 Å². The van der Waals surface area contributed by atoms with E-state index in [9.17, 15) is 0 Å². The molecule has 2 nitrogen and oxygen atoms in total. The molecule has 1 atom stereocenters. The van der Waals surface area contributed by atoms with Gasteiger partial charge in [0.15, 0.2) is 0 Å². The van der Waals surface area contributed by atoms with Crippen molar-refractivity contribution < 1.29 is 4.42 Å². The highest BCUT2D eigenvalue weighted by atomic mass is 16.3. The molecular formula is C14H19NO. The monoisotopic (exact) mass is 217 g/mol. The number of aryl methyl sites for hydroxylation is 1. The van der Waals surface area contributed by atoms with Gasteiger partial charge < -0.3 is 9.73 Å². The molecule has 0 fully saturated rings. The predicted molar refractivity (Wildman–Crippen MR) is 67.8 cm³/mol. The molecule has 0 saturated heterocycles. The molecule has 0 radical (unpaired) electrons. The molecule has 86 valence electrons. The van der Waals surface area contributed by atoms with Crippen LogP contribution in [-0.2, 0) is 6.42 Å². The Balaban J connectivity index is 2.24. The first-order valence-electron chi connectivity index (χ1n) is 5.89. The predicted octanol–water partition coefficient (Wildman–Crippen LogP) is 3.28. The molecule has 0 aliphatic rings. The van der Waals surface area contributed by atoms with E-state index in [1.807, 2.05) is 14.0 Å². The van der Waals surface area contributed by atoms with Crippen LogP contribution >= 0.6 is 0 Å². The van der Waals surface area contributed by atoms with Crippen molar-refractivity contribution in [3.05, 3.63) is 35.6 Å². The lowest BCUT2D eigenvalue weighted by molar-refractivity contribution is 0.542. The van der Waals surface area contributed by atoms with Crippen LogP contribution < -0.4 is 5.32 Å². The van der Waals surface area contributed by atoms with Crippen molar-refractivity contribution in [3.8, 4) is 0 Å². The van der Waals surface area contributed by atoms with Crippen molar-refractivity contribution >= 4 is 11.0 Å². The molecule has 0 bridgehead atoms. The number of hydrogen-bond donors (Lipinski definition) is 1. The molecule has 2 heteroatoms. The Bertz CT molecular complexity index is 469. The fourth-order valence-electron chi connectivity index (χ4n) is 2.07. The summed E-state index contributed by atoms with van der Waals surface area (Å²) in [6.45, 7) is 4.19. The van der Waals surface area contributed by atoms with Crippen LogP contribution in [0, 0.1) is 6.92 Å². The summed E-state index contributed by atoms with van der Waals surface area (Å²) in [5, 5.41) is 4.52. The minimum atomic E-state index is 0.550. The van der Waals surface area contributed by atoms with Crippen molar-refractivity contribution in [3.63, 3.8) is 0 Å². The number of benzene rings is 1. The van der Waals surface area contributed by atoms with E-state index < -0.39 is 0 Å². The van der Waals surface area contributed by atoms with Gasteiger partial charge in [-0.2, -0.15) is 0 Å². The van der Waals surface area contributed by atoms with E-state index in [1.165, 1.54) is 10.9 Å². The van der Waals surface area contributed by atoms with E-state index in [0.717, 1.165) is 24.2 Å². The average molecular weight is 217 g/mol. The smallest absolute Gasteiger partial charge is 0.134 e. The molecule has 0 aliphatic carbocycles. The van der Waals surface area contributed by atoms with E-state index in [2.05, 4.69) is 36.5 Å². The summed E-state index contributed by atoms with van der Waals surface area (Å²) in [5.41, 5.74) is 2.34. The summed E-state index contributed by atoms with van der Waals surface area (Å²) >= 11 is 0. The standard InChI is InChI=1S/C14H19NO/c1-4-13(15-3)8-11-5-6-12-7-10(2)16-14(12)9-11/h5-7,9,13,15H,4,8H2,1-3H3/t13-/m1/s1. The minimum absolute atomic E-state index is 0.550. The maximum absolute atomic E-state index is 5.64. The third-order valence-electron chi connectivity index (χ3n) is 3.09. The van der Waals surface area contributed by atoms with Gasteiger partial charge in [0.05, 0.1) is 0 Å². The molecule has 1 aromatic carbocycles. The second-order valence-electron chi connectivity index (χ2n) is 4.33. The molecule has 1 N–H and O–H groups in total. The quantitative estimate of drug-likeness (QED) is 0.850. The highest BCUT2D eigenvalue weighted by Crippen LogP contribution is 2.21. The van der Waals surface area contributed by atoms with E-state index in [-0.39, 0.29) is 0 Å². The van der Waals surface area contributed by atoms with Crippen molar-refractivity contribution in [2.75, 3.05) is 7.05 Å². The van der Waals surface area contributed by atoms with Gasteiger partial charge in [-0.1, -0.05) is 19.1 Å². The lowest BCUT2D eigenvalue weighted by Gasteiger charge is -2.13. The number of fused-ring (bicyclic) bond motifs is 1. The topological polar surface area (TPSA) is 25.2 Å². The first-order valence-corrected chi connectivity index (χ1v) is 5.89. The Labute approximate surface area is 96.6 Å². The maximum atomic E-state index is 5.64. The van der Waals surface area contributed by atoms with Crippen LogP contribution in [0.4, 0.5) is 0 Å². The van der Waals surface area contributed by atoms with Gasteiger partial charge in [0.25, 0.3) is 0 Å². The van der Waals surface area contributed by atoms with Gasteiger partial charge >= 0.3 is 0 Å². The van der Waals surface area contributed by atoms with Gasteiger partial charge in [0.1, 0.15) is 11.3 Å². The van der Waals surface area contributed by atoms with Crippen molar-refractivity contribution in [2.45, 2.75) is 32.7 Å². The normalized spacial score (nSPS) is 13.2.